The van der Waals surface area contributed by atoms with Crippen LogP contribution in [-0.4, -0.2) is 51.8 Å². The first kappa shape index (κ1) is 22.6. The van der Waals surface area contributed by atoms with E-state index in [0.717, 1.165) is 0 Å². The van der Waals surface area contributed by atoms with E-state index in [2.05, 4.69) is 25.6 Å². The summed E-state index contributed by atoms with van der Waals surface area (Å²) < 4.78 is 20.2. The molecule has 2 heterocycles. The number of carbonyl (C=O) groups excluding carboxylic acids is 2. The third-order valence-electron chi connectivity index (χ3n) is 4.45. The van der Waals surface area contributed by atoms with Gasteiger partial charge in [0, 0.05) is 45.7 Å². The van der Waals surface area contributed by atoms with E-state index in [0.29, 0.717) is 35.9 Å². The van der Waals surface area contributed by atoms with E-state index in [1.54, 1.807) is 36.3 Å². The number of aromatic nitrogens is 3. The zero-order valence-corrected chi connectivity index (χ0v) is 17.9. The number of likely N-dealkylation sites (N-methyl/N-ethyl adjacent to an activating group) is 1. The molecular formula is C22H23FN6O3. The number of pyridine rings is 1. The highest BCUT2D eigenvalue weighted by Crippen LogP contribution is 2.28. The second-order valence-electron chi connectivity index (χ2n) is 6.97. The second kappa shape index (κ2) is 10.3. The van der Waals surface area contributed by atoms with Crippen molar-refractivity contribution in [2.75, 3.05) is 30.8 Å². The number of nitrogens with zero attached hydrogens (tertiary/aromatic N) is 4. The van der Waals surface area contributed by atoms with E-state index in [1.165, 1.54) is 38.4 Å². The van der Waals surface area contributed by atoms with Gasteiger partial charge in [-0.25, -0.2) is 9.37 Å². The zero-order chi connectivity index (χ0) is 23.1. The van der Waals surface area contributed by atoms with E-state index >= 15 is 0 Å². The van der Waals surface area contributed by atoms with Gasteiger partial charge in [0.15, 0.2) is 11.6 Å². The standard InChI is InChI=1S/C22H23FN6O3/c1-14(30)27-20-7-5-17(11-26-20)16-4-6-19(18(23)10-16)32-22-13-24-12-21(28-22)25-8-9-29(3)15(2)31/h4-7,10-13H,8-9H2,1-3H3,(H,25,28)(H,26,27,30). The SMILES string of the molecule is CC(=O)Nc1ccc(-c2ccc(Oc3cncc(NCCN(C)C(C)=O)n3)c(F)c2)cn1. The molecule has 0 bridgehead atoms. The summed E-state index contributed by atoms with van der Waals surface area (Å²) in [6, 6.07) is 7.90. The first-order valence-electron chi connectivity index (χ1n) is 9.81. The van der Waals surface area contributed by atoms with Crippen LogP contribution in [0.5, 0.6) is 11.6 Å². The number of halogens is 1. The van der Waals surface area contributed by atoms with E-state index in [1.807, 2.05) is 0 Å². The van der Waals surface area contributed by atoms with Crippen LogP contribution in [-0.2, 0) is 9.59 Å². The number of anilines is 2. The fraction of sp³-hybridized carbons (Fsp3) is 0.227. The molecule has 0 radical (unpaired) electrons. The van der Waals surface area contributed by atoms with Crippen LogP contribution in [0.2, 0.25) is 0 Å². The number of nitrogens with one attached hydrogen (secondary N) is 2. The number of amides is 2. The number of carbonyl (C=O) groups is 2. The fourth-order valence-corrected chi connectivity index (χ4v) is 2.69. The lowest BCUT2D eigenvalue weighted by Gasteiger charge is -2.15. The molecule has 0 unspecified atom stereocenters. The Morgan fingerprint density at radius 1 is 1.06 bits per heavy atom. The minimum Gasteiger partial charge on any atom is -0.434 e. The Hall–Kier alpha value is -4.08. The summed E-state index contributed by atoms with van der Waals surface area (Å²) >= 11 is 0. The molecule has 2 N–H and O–H groups in total. The first-order valence-corrected chi connectivity index (χ1v) is 9.81. The van der Waals surface area contributed by atoms with Crippen molar-refractivity contribution in [2.45, 2.75) is 13.8 Å². The third kappa shape index (κ3) is 6.21. The van der Waals surface area contributed by atoms with Gasteiger partial charge in [-0.15, -0.1) is 0 Å². The topological polar surface area (TPSA) is 109 Å². The van der Waals surface area contributed by atoms with Gasteiger partial charge in [0.1, 0.15) is 11.6 Å². The number of ether oxygens (including phenoxy) is 1. The molecule has 0 atom stereocenters. The Labute approximate surface area is 184 Å². The van der Waals surface area contributed by atoms with Crippen molar-refractivity contribution in [3.63, 3.8) is 0 Å². The maximum Gasteiger partial charge on any atom is 0.239 e. The molecule has 10 heteroatoms. The second-order valence-corrected chi connectivity index (χ2v) is 6.97. The highest BCUT2D eigenvalue weighted by molar-refractivity contribution is 5.87. The minimum absolute atomic E-state index is 0.000612. The molecule has 166 valence electrons. The number of benzene rings is 1. The fourth-order valence-electron chi connectivity index (χ4n) is 2.69. The number of hydrogen-bond acceptors (Lipinski definition) is 7. The van der Waals surface area contributed by atoms with Gasteiger partial charge in [-0.1, -0.05) is 6.07 Å². The molecule has 2 aromatic heterocycles. The molecule has 32 heavy (non-hydrogen) atoms. The molecular weight excluding hydrogens is 415 g/mol. The molecule has 0 aliphatic heterocycles. The Balaban J connectivity index is 1.65. The summed E-state index contributed by atoms with van der Waals surface area (Å²) in [6.07, 6.45) is 4.44. The first-order chi connectivity index (χ1) is 15.3. The zero-order valence-electron chi connectivity index (χ0n) is 17.9. The Morgan fingerprint density at radius 2 is 1.84 bits per heavy atom. The maximum absolute atomic E-state index is 14.6. The lowest BCUT2D eigenvalue weighted by Crippen LogP contribution is -2.29. The lowest BCUT2D eigenvalue weighted by molar-refractivity contribution is -0.127. The molecule has 0 saturated heterocycles. The van der Waals surface area contributed by atoms with Crippen molar-refractivity contribution in [3.8, 4) is 22.8 Å². The quantitative estimate of drug-likeness (QED) is 0.555. The largest absolute Gasteiger partial charge is 0.434 e. The summed E-state index contributed by atoms with van der Waals surface area (Å²) in [5, 5.41) is 5.62. The van der Waals surface area contributed by atoms with Crippen LogP contribution in [0.1, 0.15) is 13.8 Å². The molecule has 1 aromatic carbocycles. The molecule has 0 spiro atoms. The van der Waals surface area contributed by atoms with Gasteiger partial charge in [0.25, 0.3) is 0 Å². The molecule has 3 aromatic rings. The lowest BCUT2D eigenvalue weighted by atomic mass is 10.1. The Kier molecular flexibility index (Phi) is 7.27. The Bertz CT molecular complexity index is 1110. The third-order valence-corrected chi connectivity index (χ3v) is 4.45. The van der Waals surface area contributed by atoms with Crippen LogP contribution < -0.4 is 15.4 Å². The monoisotopic (exact) mass is 438 g/mol. The summed E-state index contributed by atoms with van der Waals surface area (Å²) in [5.74, 6) is 0.166. The van der Waals surface area contributed by atoms with E-state index in [4.69, 9.17) is 4.74 Å². The summed E-state index contributed by atoms with van der Waals surface area (Å²) in [4.78, 5) is 36.3. The van der Waals surface area contributed by atoms with Crippen LogP contribution in [0.15, 0.2) is 48.9 Å². The maximum atomic E-state index is 14.6. The average Bonchev–Trinajstić information content (AvgIpc) is 2.75. The van der Waals surface area contributed by atoms with Crippen LogP contribution in [0.25, 0.3) is 11.1 Å². The molecule has 0 aliphatic rings. The summed E-state index contributed by atoms with van der Waals surface area (Å²) in [6.45, 7) is 3.86. The van der Waals surface area contributed by atoms with Gasteiger partial charge in [0.2, 0.25) is 17.7 Å². The summed E-state index contributed by atoms with van der Waals surface area (Å²) in [7, 11) is 1.70. The van der Waals surface area contributed by atoms with Gasteiger partial charge in [-0.2, -0.15) is 4.98 Å². The van der Waals surface area contributed by atoms with Crippen LogP contribution >= 0.6 is 0 Å². The molecule has 0 saturated carbocycles. The highest BCUT2D eigenvalue weighted by Gasteiger charge is 2.10. The van der Waals surface area contributed by atoms with E-state index in [9.17, 15) is 14.0 Å². The molecule has 3 rings (SSSR count). The van der Waals surface area contributed by atoms with Crippen molar-refractivity contribution >= 4 is 23.5 Å². The van der Waals surface area contributed by atoms with E-state index < -0.39 is 5.82 Å². The molecule has 0 fully saturated rings. The van der Waals surface area contributed by atoms with Gasteiger partial charge in [0.05, 0.1) is 12.4 Å². The van der Waals surface area contributed by atoms with Crippen LogP contribution in [0, 0.1) is 5.82 Å². The van der Waals surface area contributed by atoms with Crippen molar-refractivity contribution < 1.29 is 18.7 Å². The molecule has 0 aliphatic carbocycles. The number of hydrogen-bond donors (Lipinski definition) is 2. The molecule has 2 amide bonds. The van der Waals surface area contributed by atoms with Gasteiger partial charge in [-0.3, -0.25) is 14.6 Å². The average molecular weight is 438 g/mol. The van der Waals surface area contributed by atoms with Crippen molar-refractivity contribution in [3.05, 3.63) is 54.7 Å². The van der Waals surface area contributed by atoms with Gasteiger partial charge >= 0.3 is 0 Å². The summed E-state index contributed by atoms with van der Waals surface area (Å²) in [5.41, 5.74) is 1.29. The highest BCUT2D eigenvalue weighted by atomic mass is 19.1. The van der Waals surface area contributed by atoms with E-state index in [-0.39, 0.29) is 23.4 Å². The Morgan fingerprint density at radius 3 is 2.50 bits per heavy atom. The smallest absolute Gasteiger partial charge is 0.239 e. The predicted molar refractivity (Wildman–Crippen MR) is 118 cm³/mol. The van der Waals surface area contributed by atoms with Crippen molar-refractivity contribution in [1.82, 2.24) is 19.9 Å². The number of rotatable bonds is 8. The van der Waals surface area contributed by atoms with Crippen molar-refractivity contribution in [1.29, 1.82) is 0 Å². The van der Waals surface area contributed by atoms with Crippen LogP contribution in [0.4, 0.5) is 16.0 Å². The molecule has 9 nitrogen and oxygen atoms in total. The minimum atomic E-state index is -0.573. The van der Waals surface area contributed by atoms with Crippen LogP contribution in [0.3, 0.4) is 0 Å². The van der Waals surface area contributed by atoms with Crippen molar-refractivity contribution in [2.24, 2.45) is 0 Å². The normalized spacial score (nSPS) is 10.4. The predicted octanol–water partition coefficient (Wildman–Crippen LogP) is 3.32. The van der Waals surface area contributed by atoms with Gasteiger partial charge < -0.3 is 20.3 Å². The van der Waals surface area contributed by atoms with Gasteiger partial charge in [-0.05, 0) is 29.8 Å².